The molecule has 8 nitrogen and oxygen atoms in total. The molecule has 23 heavy (non-hydrogen) atoms. The molecule has 0 saturated carbocycles. The maximum Gasteiger partial charge on any atom is 0.335 e. The first-order chi connectivity index (χ1) is 11.0. The Labute approximate surface area is 130 Å². The Bertz CT molecular complexity index is 722. The van der Waals surface area contributed by atoms with Crippen LogP contribution in [-0.4, -0.2) is 62.1 Å². The second kappa shape index (κ2) is 6.09. The summed E-state index contributed by atoms with van der Waals surface area (Å²) < 4.78 is 10.5. The number of hydrogen-bond acceptors (Lipinski definition) is 7. The van der Waals surface area contributed by atoms with Gasteiger partial charge in [0.15, 0.2) is 6.10 Å². The number of aliphatic hydroxyl groups excluding tert-OH is 3. The van der Waals surface area contributed by atoms with Crippen molar-refractivity contribution in [1.82, 2.24) is 4.98 Å². The molecule has 0 aliphatic carbocycles. The summed E-state index contributed by atoms with van der Waals surface area (Å²) in [5.41, 5.74) is 0.740. The van der Waals surface area contributed by atoms with E-state index in [1.165, 1.54) is 6.20 Å². The second-order valence-corrected chi connectivity index (χ2v) is 5.22. The van der Waals surface area contributed by atoms with E-state index >= 15 is 0 Å². The number of fused-ring (bicyclic) bond motifs is 1. The molecule has 1 fully saturated rings. The molecule has 1 saturated heterocycles. The van der Waals surface area contributed by atoms with Crippen LogP contribution in [0.25, 0.3) is 10.9 Å². The zero-order valence-electron chi connectivity index (χ0n) is 11.8. The fourth-order valence-corrected chi connectivity index (χ4v) is 2.40. The van der Waals surface area contributed by atoms with Crippen molar-refractivity contribution in [3.8, 4) is 5.75 Å². The Morgan fingerprint density at radius 3 is 2.61 bits per heavy atom. The van der Waals surface area contributed by atoms with Gasteiger partial charge in [0.2, 0.25) is 6.29 Å². The molecular formula is C15H15NO7. The summed E-state index contributed by atoms with van der Waals surface area (Å²) >= 11 is 0. The van der Waals surface area contributed by atoms with Crippen molar-refractivity contribution < 1.29 is 34.7 Å². The minimum Gasteiger partial charge on any atom is -0.479 e. The van der Waals surface area contributed by atoms with E-state index in [1.807, 2.05) is 24.3 Å². The normalized spacial score (nSPS) is 31.0. The van der Waals surface area contributed by atoms with Crippen molar-refractivity contribution >= 4 is 16.9 Å². The van der Waals surface area contributed by atoms with Crippen LogP contribution in [-0.2, 0) is 9.53 Å². The number of carboxylic acid groups (broad SMARTS) is 1. The molecule has 1 aromatic heterocycles. The summed E-state index contributed by atoms with van der Waals surface area (Å²) in [7, 11) is 0. The number of aliphatic carboxylic acids is 1. The lowest BCUT2D eigenvalue weighted by Gasteiger charge is -2.38. The van der Waals surface area contributed by atoms with Gasteiger partial charge in [-0.3, -0.25) is 4.98 Å². The predicted molar refractivity (Wildman–Crippen MR) is 76.7 cm³/mol. The molecule has 0 radical (unpaired) electrons. The average Bonchev–Trinajstić information content (AvgIpc) is 2.55. The molecule has 5 atom stereocenters. The van der Waals surface area contributed by atoms with Crippen LogP contribution in [0.3, 0.4) is 0 Å². The van der Waals surface area contributed by atoms with Gasteiger partial charge in [-0.05, 0) is 12.1 Å². The summed E-state index contributed by atoms with van der Waals surface area (Å²) in [5, 5.41) is 39.1. The third kappa shape index (κ3) is 2.97. The molecular weight excluding hydrogens is 306 g/mol. The van der Waals surface area contributed by atoms with Crippen molar-refractivity contribution in [1.29, 1.82) is 0 Å². The van der Waals surface area contributed by atoms with Crippen LogP contribution in [0.4, 0.5) is 0 Å². The highest BCUT2D eigenvalue weighted by Gasteiger charge is 2.48. The number of carboxylic acids is 1. The van der Waals surface area contributed by atoms with Crippen LogP contribution in [0.1, 0.15) is 0 Å². The van der Waals surface area contributed by atoms with Crippen molar-refractivity contribution in [2.75, 3.05) is 0 Å². The van der Waals surface area contributed by atoms with Gasteiger partial charge in [-0.2, -0.15) is 0 Å². The van der Waals surface area contributed by atoms with Crippen molar-refractivity contribution in [3.63, 3.8) is 0 Å². The molecule has 0 unspecified atom stereocenters. The number of rotatable bonds is 3. The van der Waals surface area contributed by atoms with Gasteiger partial charge in [0.1, 0.15) is 24.1 Å². The van der Waals surface area contributed by atoms with Crippen molar-refractivity contribution in [2.45, 2.75) is 30.7 Å². The predicted octanol–water partition coefficient (Wildman–Crippen LogP) is -0.494. The van der Waals surface area contributed by atoms with Crippen LogP contribution < -0.4 is 4.74 Å². The molecule has 1 aliphatic rings. The van der Waals surface area contributed by atoms with Crippen molar-refractivity contribution in [2.24, 2.45) is 0 Å². The first-order valence-corrected chi connectivity index (χ1v) is 6.91. The fourth-order valence-electron chi connectivity index (χ4n) is 2.40. The highest BCUT2D eigenvalue weighted by molar-refractivity contribution is 5.79. The van der Waals surface area contributed by atoms with E-state index < -0.39 is 36.7 Å². The van der Waals surface area contributed by atoms with Crippen LogP contribution in [0, 0.1) is 0 Å². The van der Waals surface area contributed by atoms with Crippen LogP contribution in [0.2, 0.25) is 0 Å². The molecule has 0 bridgehead atoms. The first-order valence-electron chi connectivity index (χ1n) is 6.91. The molecule has 0 spiro atoms. The Kier molecular flexibility index (Phi) is 4.14. The number of ether oxygens (including phenoxy) is 2. The SMILES string of the molecule is O=C(O)[C@H]1O[C@@H](Oc2cnc3ccccc3c2)[C@H](O)[C@@H](O)[C@@H]1O. The Balaban J connectivity index is 1.83. The lowest BCUT2D eigenvalue weighted by Crippen LogP contribution is -2.61. The Morgan fingerprint density at radius 2 is 1.87 bits per heavy atom. The summed E-state index contributed by atoms with van der Waals surface area (Å²) in [5.74, 6) is -1.23. The maximum atomic E-state index is 11.0. The van der Waals surface area contributed by atoms with E-state index in [9.17, 15) is 20.1 Å². The highest BCUT2D eigenvalue weighted by Crippen LogP contribution is 2.25. The number of pyridine rings is 1. The van der Waals surface area contributed by atoms with E-state index in [1.54, 1.807) is 6.07 Å². The molecule has 0 amide bonds. The molecule has 8 heteroatoms. The molecule has 1 aromatic carbocycles. The van der Waals surface area contributed by atoms with Gasteiger partial charge in [-0.1, -0.05) is 18.2 Å². The molecule has 1 aliphatic heterocycles. The van der Waals surface area contributed by atoms with Gasteiger partial charge in [-0.25, -0.2) is 4.79 Å². The standard InChI is InChI=1S/C15H15NO7/c17-10-11(18)13(14(20)21)23-15(12(10)19)22-8-5-7-3-1-2-4-9(7)16-6-8/h1-6,10-13,15,17-19H,(H,20,21)/t10-,11-,12+,13-,15+/m0/s1. The van der Waals surface area contributed by atoms with E-state index in [4.69, 9.17) is 14.6 Å². The Hall–Kier alpha value is -2.26. The molecule has 2 heterocycles. The fraction of sp³-hybridized carbons (Fsp3) is 0.333. The number of hydrogen-bond donors (Lipinski definition) is 4. The highest BCUT2D eigenvalue weighted by atomic mass is 16.7. The average molecular weight is 321 g/mol. The number of aliphatic hydroxyl groups is 3. The quantitative estimate of drug-likeness (QED) is 0.596. The topological polar surface area (TPSA) is 129 Å². The first kappa shape index (κ1) is 15.6. The third-order valence-electron chi connectivity index (χ3n) is 3.63. The van der Waals surface area contributed by atoms with Gasteiger partial charge in [0.25, 0.3) is 0 Å². The zero-order chi connectivity index (χ0) is 16.6. The summed E-state index contributed by atoms with van der Waals surface area (Å²) in [6, 6.07) is 8.92. The van der Waals surface area contributed by atoms with Gasteiger partial charge < -0.3 is 29.9 Å². The number of nitrogens with zero attached hydrogens (tertiary/aromatic N) is 1. The summed E-state index contributed by atoms with van der Waals surface area (Å²) in [6.07, 6.45) is -6.82. The largest absolute Gasteiger partial charge is 0.479 e. The lowest BCUT2D eigenvalue weighted by atomic mass is 9.99. The molecule has 122 valence electrons. The molecule has 2 aromatic rings. The van der Waals surface area contributed by atoms with E-state index in [0.29, 0.717) is 0 Å². The second-order valence-electron chi connectivity index (χ2n) is 5.22. The van der Waals surface area contributed by atoms with E-state index in [2.05, 4.69) is 4.98 Å². The van der Waals surface area contributed by atoms with Gasteiger partial charge in [-0.15, -0.1) is 0 Å². The van der Waals surface area contributed by atoms with Crippen LogP contribution in [0.5, 0.6) is 5.75 Å². The lowest BCUT2D eigenvalue weighted by molar-refractivity contribution is -0.271. The minimum atomic E-state index is -1.75. The summed E-state index contributed by atoms with van der Waals surface area (Å²) in [4.78, 5) is 15.2. The van der Waals surface area contributed by atoms with E-state index in [-0.39, 0.29) is 5.75 Å². The van der Waals surface area contributed by atoms with Crippen LogP contribution in [0.15, 0.2) is 36.5 Å². The smallest absolute Gasteiger partial charge is 0.335 e. The Morgan fingerprint density at radius 1 is 1.13 bits per heavy atom. The number of para-hydroxylation sites is 1. The minimum absolute atomic E-state index is 0.237. The van der Waals surface area contributed by atoms with Crippen LogP contribution >= 0.6 is 0 Å². The van der Waals surface area contributed by atoms with Gasteiger partial charge in [0.05, 0.1) is 11.7 Å². The van der Waals surface area contributed by atoms with Crippen molar-refractivity contribution in [3.05, 3.63) is 36.5 Å². The number of carbonyl (C=O) groups is 1. The summed E-state index contributed by atoms with van der Waals surface area (Å²) in [6.45, 7) is 0. The monoisotopic (exact) mass is 321 g/mol. The maximum absolute atomic E-state index is 11.0. The number of aromatic nitrogens is 1. The number of benzene rings is 1. The molecule has 3 rings (SSSR count). The zero-order valence-corrected chi connectivity index (χ0v) is 11.8. The van der Waals surface area contributed by atoms with Gasteiger partial charge in [0, 0.05) is 5.39 Å². The third-order valence-corrected chi connectivity index (χ3v) is 3.63. The van der Waals surface area contributed by atoms with Gasteiger partial charge >= 0.3 is 5.97 Å². The molecule has 4 N–H and O–H groups in total. The van der Waals surface area contributed by atoms with E-state index in [0.717, 1.165) is 10.9 Å².